The highest BCUT2D eigenvalue weighted by Gasteiger charge is 2.45. The van der Waals surface area contributed by atoms with Crippen LogP contribution in [0.3, 0.4) is 0 Å². The number of hydrogen-bond acceptors (Lipinski definition) is 4. The van der Waals surface area contributed by atoms with Crippen molar-refractivity contribution in [1.29, 1.82) is 0 Å². The van der Waals surface area contributed by atoms with Crippen molar-refractivity contribution in [2.45, 2.75) is 51.2 Å². The summed E-state index contributed by atoms with van der Waals surface area (Å²) >= 11 is 0. The van der Waals surface area contributed by atoms with Crippen LogP contribution in [0.1, 0.15) is 77.9 Å². The summed E-state index contributed by atoms with van der Waals surface area (Å²) in [5.74, 6) is -1.54. The molecule has 244 valence electrons. The van der Waals surface area contributed by atoms with Crippen molar-refractivity contribution in [3.63, 3.8) is 0 Å². The molecule has 48 heavy (non-hydrogen) atoms. The Balaban J connectivity index is 1.32. The van der Waals surface area contributed by atoms with E-state index in [1.165, 1.54) is 35.3 Å². The largest absolute Gasteiger partial charge is 0.433 e. The molecule has 1 saturated carbocycles. The van der Waals surface area contributed by atoms with Gasteiger partial charge in [0, 0.05) is 17.5 Å². The van der Waals surface area contributed by atoms with E-state index in [9.17, 15) is 26.7 Å². The minimum absolute atomic E-state index is 0.0937. The summed E-state index contributed by atoms with van der Waals surface area (Å²) in [4.78, 5) is 18.7. The predicted molar refractivity (Wildman–Crippen MR) is 172 cm³/mol. The fourth-order valence-corrected chi connectivity index (χ4v) is 6.51. The van der Waals surface area contributed by atoms with Gasteiger partial charge in [-0.05, 0) is 83.9 Å². The molecule has 6 nitrogen and oxygen atoms in total. The number of benzene rings is 3. The zero-order valence-corrected chi connectivity index (χ0v) is 26.0. The molecule has 2 atom stereocenters. The number of amides is 1. The van der Waals surface area contributed by atoms with Gasteiger partial charge in [-0.15, -0.1) is 0 Å². The number of hydrazone groups is 1. The van der Waals surface area contributed by atoms with Crippen LogP contribution in [0.2, 0.25) is 0 Å². The molecule has 0 spiro atoms. The fraction of sp³-hybridized carbons (Fsp3) is 0.243. The first-order valence-corrected chi connectivity index (χ1v) is 15.7. The number of rotatable bonds is 5. The molecule has 3 aromatic carbocycles. The van der Waals surface area contributed by atoms with Crippen LogP contribution in [0.15, 0.2) is 95.6 Å². The summed E-state index contributed by atoms with van der Waals surface area (Å²) in [5.41, 5.74) is 3.05. The van der Waals surface area contributed by atoms with Gasteiger partial charge in [0.1, 0.15) is 11.6 Å². The molecule has 0 bridgehead atoms. The summed E-state index contributed by atoms with van der Waals surface area (Å²) in [5, 5.41) is 10.1. The number of nitrogens with zero attached hydrogens (tertiary/aromatic N) is 5. The number of hydrogen-bond donors (Lipinski definition) is 0. The van der Waals surface area contributed by atoms with Gasteiger partial charge in [0.15, 0.2) is 17.0 Å². The molecular formula is C37H30F5N5O. The van der Waals surface area contributed by atoms with Crippen LogP contribution in [0.5, 0.6) is 0 Å². The van der Waals surface area contributed by atoms with Crippen molar-refractivity contribution in [1.82, 2.24) is 19.6 Å². The first kappa shape index (κ1) is 31.4. The Hall–Kier alpha value is -5.19. The molecule has 7 rings (SSSR count). The van der Waals surface area contributed by atoms with E-state index in [1.807, 2.05) is 32.1 Å². The monoisotopic (exact) mass is 655 g/mol. The number of aromatic nitrogens is 3. The van der Waals surface area contributed by atoms with E-state index in [0.29, 0.717) is 34.2 Å². The molecule has 0 unspecified atom stereocenters. The smallest absolute Gasteiger partial charge is 0.265 e. The molecule has 2 aliphatic rings. The summed E-state index contributed by atoms with van der Waals surface area (Å²) < 4.78 is 71.4. The normalized spacial score (nSPS) is 18.9. The first-order valence-electron chi connectivity index (χ1n) is 15.7. The van der Waals surface area contributed by atoms with E-state index in [1.54, 1.807) is 36.4 Å². The van der Waals surface area contributed by atoms with Crippen LogP contribution in [0.25, 0.3) is 23.0 Å². The van der Waals surface area contributed by atoms with Crippen LogP contribution in [0, 0.1) is 17.6 Å². The number of fused-ring (bicyclic) bond motifs is 2. The van der Waals surface area contributed by atoms with Gasteiger partial charge in [0.25, 0.3) is 5.91 Å². The topological polar surface area (TPSA) is 62.9 Å². The average molecular weight is 656 g/mol. The third kappa shape index (κ3) is 5.89. The zero-order valence-electron chi connectivity index (χ0n) is 26.0. The standard InChI is InChI=1S/C37H30F5N5O/c1-21(2)23-8-10-24(11-9-23)30-19-32(37(40,41)42)46-33(43-30)20-31(44-46)36(48)47-35(25-12-16-28(39)17-13-25)29-5-3-4-26(34(29)45-47)18-22-6-14-27(38)15-7-22/h6-21,29,35H,3-5H2,1-2H3/b26-18-/t29-,35-/m0/s1. The molecule has 5 aromatic rings. The Morgan fingerprint density at radius 3 is 2.23 bits per heavy atom. The third-order valence-corrected chi connectivity index (χ3v) is 8.94. The lowest BCUT2D eigenvalue weighted by Gasteiger charge is -2.29. The number of halogens is 5. The number of carbonyl (C=O) groups excluding carboxylic acids is 1. The Morgan fingerprint density at radius 2 is 1.58 bits per heavy atom. The molecule has 1 amide bonds. The van der Waals surface area contributed by atoms with Crippen molar-refractivity contribution < 1.29 is 26.7 Å². The summed E-state index contributed by atoms with van der Waals surface area (Å²) in [6.07, 6.45) is -0.765. The molecular weight excluding hydrogens is 625 g/mol. The van der Waals surface area contributed by atoms with E-state index < -0.39 is 29.6 Å². The Bertz CT molecular complexity index is 2060. The van der Waals surface area contributed by atoms with Gasteiger partial charge in [-0.3, -0.25) is 4.79 Å². The second-order valence-corrected chi connectivity index (χ2v) is 12.5. The van der Waals surface area contributed by atoms with Crippen molar-refractivity contribution in [2.24, 2.45) is 11.0 Å². The quantitative estimate of drug-likeness (QED) is 0.177. The molecule has 2 aromatic heterocycles. The summed E-state index contributed by atoms with van der Waals surface area (Å²) in [7, 11) is 0. The molecule has 1 fully saturated rings. The average Bonchev–Trinajstić information content (AvgIpc) is 3.68. The minimum Gasteiger partial charge on any atom is -0.265 e. The Labute approximate surface area is 273 Å². The maximum Gasteiger partial charge on any atom is 0.433 e. The van der Waals surface area contributed by atoms with Crippen molar-refractivity contribution >= 4 is 23.3 Å². The number of alkyl halides is 3. The Morgan fingerprint density at radius 1 is 0.917 bits per heavy atom. The van der Waals surface area contributed by atoms with Gasteiger partial charge in [-0.25, -0.2) is 23.3 Å². The highest BCUT2D eigenvalue weighted by Crippen LogP contribution is 2.45. The maximum atomic E-state index is 14.4. The zero-order chi connectivity index (χ0) is 33.7. The molecule has 0 radical (unpaired) electrons. The lowest BCUT2D eigenvalue weighted by Crippen LogP contribution is -2.32. The van der Waals surface area contributed by atoms with Gasteiger partial charge < -0.3 is 0 Å². The SMILES string of the molecule is CC(C)c1ccc(-c2cc(C(F)(F)F)n3nc(C(=O)N4N=C5/C(=C\c6ccc(F)cc6)CCC[C@@H]5[C@@H]4c4ccc(F)cc4)cc3n2)cc1. The minimum atomic E-state index is -4.79. The number of carbonyl (C=O) groups is 1. The van der Waals surface area contributed by atoms with Gasteiger partial charge in [0.2, 0.25) is 0 Å². The lowest BCUT2D eigenvalue weighted by atomic mass is 9.77. The predicted octanol–water partition coefficient (Wildman–Crippen LogP) is 9.25. The van der Waals surface area contributed by atoms with Crippen LogP contribution in [-0.2, 0) is 6.18 Å². The second-order valence-electron chi connectivity index (χ2n) is 12.5. The molecule has 3 heterocycles. The molecule has 0 N–H and O–H groups in total. The summed E-state index contributed by atoms with van der Waals surface area (Å²) in [6, 6.07) is 20.5. The molecule has 11 heteroatoms. The van der Waals surface area contributed by atoms with E-state index in [0.717, 1.165) is 29.2 Å². The second kappa shape index (κ2) is 12.1. The fourth-order valence-electron chi connectivity index (χ4n) is 6.51. The van der Waals surface area contributed by atoms with Crippen LogP contribution in [0.4, 0.5) is 22.0 Å². The molecule has 1 aliphatic carbocycles. The number of allylic oxidation sites excluding steroid dienone is 1. The van der Waals surface area contributed by atoms with E-state index in [4.69, 9.17) is 5.10 Å². The van der Waals surface area contributed by atoms with Crippen molar-refractivity contribution in [3.8, 4) is 11.3 Å². The molecule has 1 aliphatic heterocycles. The van der Waals surface area contributed by atoms with Crippen molar-refractivity contribution in [2.75, 3.05) is 0 Å². The Kier molecular flexibility index (Phi) is 7.93. The van der Waals surface area contributed by atoms with Crippen LogP contribution < -0.4 is 0 Å². The third-order valence-electron chi connectivity index (χ3n) is 8.94. The van der Waals surface area contributed by atoms with Gasteiger partial charge in [0.05, 0.1) is 17.4 Å². The van der Waals surface area contributed by atoms with E-state index >= 15 is 0 Å². The first-order chi connectivity index (χ1) is 23.0. The molecule has 0 saturated heterocycles. The lowest BCUT2D eigenvalue weighted by molar-refractivity contribution is -0.142. The van der Waals surface area contributed by atoms with Crippen LogP contribution in [-0.4, -0.2) is 31.2 Å². The maximum absolute atomic E-state index is 14.4. The van der Waals surface area contributed by atoms with E-state index in [-0.39, 0.29) is 34.7 Å². The van der Waals surface area contributed by atoms with Gasteiger partial charge >= 0.3 is 6.18 Å². The van der Waals surface area contributed by atoms with Crippen molar-refractivity contribution in [3.05, 3.63) is 130 Å². The van der Waals surface area contributed by atoms with E-state index in [2.05, 4.69) is 10.1 Å². The van der Waals surface area contributed by atoms with Crippen LogP contribution >= 0.6 is 0 Å². The van der Waals surface area contributed by atoms with Gasteiger partial charge in [-0.2, -0.15) is 23.4 Å². The highest BCUT2D eigenvalue weighted by molar-refractivity contribution is 6.09. The highest BCUT2D eigenvalue weighted by atomic mass is 19.4. The summed E-state index contributed by atoms with van der Waals surface area (Å²) in [6.45, 7) is 4.05. The van der Waals surface area contributed by atoms with Gasteiger partial charge in [-0.1, -0.05) is 62.4 Å².